The predicted molar refractivity (Wildman–Crippen MR) is 49.7 cm³/mol. The van der Waals surface area contributed by atoms with Crippen molar-refractivity contribution in [3.8, 4) is 0 Å². The quantitative estimate of drug-likeness (QED) is 0.532. The average molecular weight is 160 g/mol. The zero-order valence-corrected chi connectivity index (χ0v) is 8.24. The van der Waals surface area contributed by atoms with Crippen molar-refractivity contribution in [2.45, 2.75) is 19.5 Å². The fraction of sp³-hybridized carbons (Fsp3) is 0.875. The van der Waals surface area contributed by atoms with Crippen LogP contribution < -0.4 is 0 Å². The number of hydrogen-bond acceptors (Lipinski definition) is 1. The van der Waals surface area contributed by atoms with E-state index < -0.39 is 6.89 Å². The van der Waals surface area contributed by atoms with E-state index >= 15 is 0 Å². The molecule has 0 aromatic carbocycles. The minimum Gasteiger partial charge on any atom is -0.380 e. The summed E-state index contributed by atoms with van der Waals surface area (Å²) in [7, 11) is 0. The molecule has 0 unspecified atom stereocenters. The molecule has 1 aliphatic rings. The summed E-state index contributed by atoms with van der Waals surface area (Å²) in [6.07, 6.45) is 0. The first kappa shape index (κ1) is 8.36. The zero-order chi connectivity index (χ0) is 7.78. The Morgan fingerprint density at radius 1 is 1.30 bits per heavy atom. The predicted octanol–water partition coefficient (Wildman–Crippen LogP) is 1.87. The van der Waals surface area contributed by atoms with Crippen LogP contribution in [0.3, 0.4) is 0 Å². The summed E-state index contributed by atoms with van der Waals surface area (Å²) in [6, 6.07) is 0. The minimum atomic E-state index is -0.727. The third-order valence-electron chi connectivity index (χ3n) is 2.69. The first-order chi connectivity index (χ1) is 4.55. The maximum Gasteiger partial charge on any atom is 0.0555 e. The van der Waals surface area contributed by atoms with E-state index in [0.717, 1.165) is 18.9 Å². The highest BCUT2D eigenvalue weighted by Crippen LogP contribution is 2.49. The lowest BCUT2D eigenvalue weighted by Gasteiger charge is -2.36. The Morgan fingerprint density at radius 2 is 1.80 bits per heavy atom. The highest BCUT2D eigenvalue weighted by Gasteiger charge is 2.27. The summed E-state index contributed by atoms with van der Waals surface area (Å²) in [6.45, 7) is 10.6. The molecule has 0 N–H and O–H groups in total. The maximum atomic E-state index is 5.19. The summed E-state index contributed by atoms with van der Waals surface area (Å²) in [5.74, 6) is 0. The molecule has 0 spiro atoms. The smallest absolute Gasteiger partial charge is 0.0555 e. The molecule has 2 heteroatoms. The van der Waals surface area contributed by atoms with Gasteiger partial charge in [-0.1, -0.05) is 5.29 Å². The van der Waals surface area contributed by atoms with E-state index in [4.69, 9.17) is 4.74 Å². The van der Waals surface area contributed by atoms with Crippen LogP contribution in [0, 0.1) is 0 Å². The topological polar surface area (TPSA) is 9.23 Å². The molecule has 0 atom stereocenters. The molecular formula is C8H17OP. The van der Waals surface area contributed by atoms with Crippen LogP contribution >= 0.6 is 6.89 Å². The largest absolute Gasteiger partial charge is 0.380 e. The third-order valence-corrected chi connectivity index (χ3v) is 7.12. The summed E-state index contributed by atoms with van der Waals surface area (Å²) >= 11 is 0. The van der Waals surface area contributed by atoms with E-state index in [1.807, 2.05) is 0 Å². The van der Waals surface area contributed by atoms with Gasteiger partial charge in [-0.05, 0) is 27.2 Å². The van der Waals surface area contributed by atoms with Crippen LogP contribution in [-0.4, -0.2) is 37.5 Å². The fourth-order valence-corrected chi connectivity index (χ4v) is 2.65. The Bertz CT molecular complexity index is 170. The van der Waals surface area contributed by atoms with Crippen LogP contribution in [0.15, 0.2) is 0 Å². The number of hydrogen-bond donors (Lipinski definition) is 0. The highest BCUT2D eigenvalue weighted by atomic mass is 31.2. The first-order valence-corrected chi connectivity index (χ1v) is 6.52. The first-order valence-electron chi connectivity index (χ1n) is 3.77. The van der Waals surface area contributed by atoms with Gasteiger partial charge in [0.25, 0.3) is 0 Å². The molecule has 60 valence electrons. The normalized spacial score (nSPS) is 20.4. The monoisotopic (exact) mass is 160 g/mol. The van der Waals surface area contributed by atoms with Crippen LogP contribution in [0.25, 0.3) is 0 Å². The van der Waals surface area contributed by atoms with Crippen molar-refractivity contribution in [2.75, 3.05) is 26.5 Å². The molecule has 1 rings (SSSR count). The Hall–Kier alpha value is 0.260. The van der Waals surface area contributed by atoms with E-state index in [1.165, 1.54) is 0 Å². The van der Waals surface area contributed by atoms with Crippen molar-refractivity contribution >= 4 is 12.2 Å². The van der Waals surface area contributed by atoms with Gasteiger partial charge in [0, 0.05) is 5.66 Å². The van der Waals surface area contributed by atoms with Gasteiger partial charge in [0.2, 0.25) is 0 Å². The molecule has 0 saturated carbocycles. The Morgan fingerprint density at radius 3 is 1.90 bits per heavy atom. The van der Waals surface area contributed by atoms with E-state index in [9.17, 15) is 0 Å². The van der Waals surface area contributed by atoms with Gasteiger partial charge in [-0.15, -0.1) is 6.89 Å². The lowest BCUT2D eigenvalue weighted by atomic mass is 10.4. The number of rotatable bonds is 1. The van der Waals surface area contributed by atoms with Crippen molar-refractivity contribution < 1.29 is 4.74 Å². The van der Waals surface area contributed by atoms with Gasteiger partial charge in [0.1, 0.15) is 0 Å². The average Bonchev–Trinajstić information content (AvgIpc) is 1.57. The van der Waals surface area contributed by atoms with Gasteiger partial charge in [0.15, 0.2) is 0 Å². The second-order valence-corrected chi connectivity index (χ2v) is 8.38. The van der Waals surface area contributed by atoms with Gasteiger partial charge in [-0.25, -0.2) is 0 Å². The Balaban J connectivity index is 2.76. The molecule has 10 heavy (non-hydrogen) atoms. The maximum absolute atomic E-state index is 5.19. The molecule has 0 aromatic heterocycles. The summed E-state index contributed by atoms with van der Waals surface area (Å²) in [5.41, 5.74) is 0.873. The van der Waals surface area contributed by atoms with Gasteiger partial charge in [-0.3, -0.25) is 0 Å². The summed E-state index contributed by atoms with van der Waals surface area (Å²) < 4.78 is 5.19. The molecule has 1 aliphatic heterocycles. The lowest BCUT2D eigenvalue weighted by molar-refractivity contribution is 0.0430. The van der Waals surface area contributed by atoms with Crippen LogP contribution in [0.5, 0.6) is 0 Å². The van der Waals surface area contributed by atoms with E-state index in [1.54, 1.807) is 5.29 Å². The second-order valence-electron chi connectivity index (χ2n) is 3.68. The van der Waals surface area contributed by atoms with Crippen molar-refractivity contribution in [3.63, 3.8) is 0 Å². The zero-order valence-electron chi connectivity index (χ0n) is 7.35. The molecule has 0 radical (unpaired) electrons. The lowest BCUT2D eigenvalue weighted by Crippen LogP contribution is -2.34. The SMILES string of the molecule is CC(C)=P(C)(C)C1COC1. The molecule has 1 fully saturated rings. The van der Waals surface area contributed by atoms with Crippen molar-refractivity contribution in [3.05, 3.63) is 0 Å². The van der Waals surface area contributed by atoms with Crippen molar-refractivity contribution in [1.82, 2.24) is 0 Å². The van der Waals surface area contributed by atoms with Gasteiger partial charge >= 0.3 is 0 Å². The van der Waals surface area contributed by atoms with Crippen LogP contribution in [0.2, 0.25) is 0 Å². The molecule has 0 amide bonds. The van der Waals surface area contributed by atoms with E-state index in [0.29, 0.717) is 0 Å². The van der Waals surface area contributed by atoms with Crippen LogP contribution in [0.4, 0.5) is 0 Å². The molecule has 0 aliphatic carbocycles. The summed E-state index contributed by atoms with van der Waals surface area (Å²) in [4.78, 5) is 0. The second kappa shape index (κ2) is 2.71. The van der Waals surface area contributed by atoms with Crippen LogP contribution in [0.1, 0.15) is 13.8 Å². The van der Waals surface area contributed by atoms with Crippen molar-refractivity contribution in [1.29, 1.82) is 0 Å². The van der Waals surface area contributed by atoms with Gasteiger partial charge in [-0.2, -0.15) is 0 Å². The van der Waals surface area contributed by atoms with Gasteiger partial charge < -0.3 is 4.74 Å². The third kappa shape index (κ3) is 1.31. The molecule has 1 saturated heterocycles. The standard InChI is InChI=1S/C8H17OP/c1-7(2)10(3,4)8-5-9-6-8/h8H,5-6H2,1-4H3. The molecule has 0 aromatic rings. The Kier molecular flexibility index (Phi) is 2.27. The molecule has 1 nitrogen and oxygen atoms in total. The summed E-state index contributed by atoms with van der Waals surface area (Å²) in [5, 5.41) is 1.63. The van der Waals surface area contributed by atoms with Crippen LogP contribution in [-0.2, 0) is 4.74 Å². The van der Waals surface area contributed by atoms with E-state index in [-0.39, 0.29) is 0 Å². The molecule has 0 bridgehead atoms. The highest BCUT2D eigenvalue weighted by molar-refractivity contribution is 7.75. The molecular weight excluding hydrogens is 143 g/mol. The molecule has 1 heterocycles. The minimum absolute atomic E-state index is 0.727. The van der Waals surface area contributed by atoms with Gasteiger partial charge in [0.05, 0.1) is 13.2 Å². The fourth-order valence-electron chi connectivity index (χ4n) is 0.961. The number of ether oxygens (including phenoxy) is 1. The Labute approximate surface area is 63.7 Å². The van der Waals surface area contributed by atoms with E-state index in [2.05, 4.69) is 27.2 Å². The van der Waals surface area contributed by atoms with Crippen molar-refractivity contribution in [2.24, 2.45) is 0 Å².